The van der Waals surface area contributed by atoms with Gasteiger partial charge in [-0.1, -0.05) is 12.1 Å². The second kappa shape index (κ2) is 5.58. The van der Waals surface area contributed by atoms with Crippen LogP contribution in [-0.4, -0.2) is 0 Å². The molecule has 0 saturated carbocycles. The molecule has 2 rings (SSSR count). The van der Waals surface area contributed by atoms with Crippen molar-refractivity contribution in [3.05, 3.63) is 54.8 Å². The van der Waals surface area contributed by atoms with Crippen LogP contribution in [0.3, 0.4) is 0 Å². The van der Waals surface area contributed by atoms with Gasteiger partial charge in [0.2, 0.25) is 0 Å². The van der Waals surface area contributed by atoms with E-state index in [9.17, 15) is 4.39 Å². The topological polar surface area (TPSA) is 38.0 Å². The minimum atomic E-state index is -0.297. The Morgan fingerprint density at radius 2 is 2.00 bits per heavy atom. The summed E-state index contributed by atoms with van der Waals surface area (Å²) in [5.74, 6) is 5.28. The maximum atomic E-state index is 13.5. The summed E-state index contributed by atoms with van der Waals surface area (Å²) in [5.41, 5.74) is 4.47. The van der Waals surface area contributed by atoms with Crippen LogP contribution in [0.4, 0.5) is 4.39 Å². The molecule has 2 nitrogen and oxygen atoms in total. The predicted octanol–water partition coefficient (Wildman–Crippen LogP) is 3.96. The quantitative estimate of drug-likeness (QED) is 0.625. The van der Waals surface area contributed by atoms with Gasteiger partial charge in [-0.15, -0.1) is 0 Å². The number of rotatable bonds is 3. The van der Waals surface area contributed by atoms with E-state index < -0.39 is 0 Å². The van der Waals surface area contributed by atoms with Crippen molar-refractivity contribution >= 4 is 43.2 Å². The summed E-state index contributed by atoms with van der Waals surface area (Å²) in [6.07, 6.45) is 0. The van der Waals surface area contributed by atoms with Crippen molar-refractivity contribution in [2.24, 2.45) is 5.84 Å². The maximum absolute atomic E-state index is 13.5. The summed E-state index contributed by atoms with van der Waals surface area (Å²) < 4.78 is 14.9. The second-order valence-corrected chi connectivity index (χ2v) is 5.81. The molecule has 0 saturated heterocycles. The Morgan fingerprint density at radius 3 is 2.59 bits per heavy atom. The van der Waals surface area contributed by atoms with E-state index in [2.05, 4.69) is 37.3 Å². The van der Waals surface area contributed by atoms with Crippen LogP contribution in [0.25, 0.3) is 0 Å². The Hall–Kier alpha value is -0.270. The van der Waals surface area contributed by atoms with Gasteiger partial charge in [0.25, 0.3) is 0 Å². The maximum Gasteiger partial charge on any atom is 0.137 e. The molecule has 0 aliphatic rings. The number of benzene rings is 1. The van der Waals surface area contributed by atoms with Gasteiger partial charge in [0.15, 0.2) is 0 Å². The molecule has 0 spiro atoms. The summed E-state index contributed by atoms with van der Waals surface area (Å²) in [5, 5.41) is 3.94. The van der Waals surface area contributed by atoms with E-state index in [1.165, 1.54) is 6.07 Å². The smallest absolute Gasteiger partial charge is 0.137 e. The lowest BCUT2D eigenvalue weighted by Crippen LogP contribution is -2.29. The number of nitrogens with two attached hydrogens (primary N) is 1. The highest BCUT2D eigenvalue weighted by atomic mass is 79.9. The largest absolute Gasteiger partial charge is 0.271 e. The first-order valence-corrected chi connectivity index (χ1v) is 7.29. The van der Waals surface area contributed by atoms with Gasteiger partial charge in [-0.2, -0.15) is 11.3 Å². The molecule has 1 aromatic heterocycles. The van der Waals surface area contributed by atoms with E-state index in [-0.39, 0.29) is 11.9 Å². The minimum absolute atomic E-state index is 0.249. The Morgan fingerprint density at radius 1 is 1.24 bits per heavy atom. The monoisotopic (exact) mass is 378 g/mol. The molecule has 2 aromatic rings. The third-order valence-corrected chi connectivity index (χ3v) is 5.00. The van der Waals surface area contributed by atoms with Crippen LogP contribution >= 0.6 is 43.2 Å². The Bertz CT molecular complexity index is 530. The standard InChI is InChI=1S/C11H9Br2FN2S/c12-8-5-17-4-7(8)11(16-15)6-2-1-3-9(14)10(6)13/h1-5,11,16H,15H2. The van der Waals surface area contributed by atoms with Crippen molar-refractivity contribution in [2.45, 2.75) is 6.04 Å². The molecule has 90 valence electrons. The van der Waals surface area contributed by atoms with Crippen LogP contribution in [0, 0.1) is 5.82 Å². The molecule has 17 heavy (non-hydrogen) atoms. The van der Waals surface area contributed by atoms with Gasteiger partial charge in [0.1, 0.15) is 5.82 Å². The van der Waals surface area contributed by atoms with E-state index in [0.29, 0.717) is 4.47 Å². The number of thiophene rings is 1. The van der Waals surface area contributed by atoms with E-state index in [1.54, 1.807) is 17.4 Å². The van der Waals surface area contributed by atoms with Gasteiger partial charge in [-0.25, -0.2) is 9.82 Å². The Kier molecular flexibility index (Phi) is 4.32. The molecule has 0 radical (unpaired) electrons. The SMILES string of the molecule is NNC(c1cscc1Br)c1cccc(F)c1Br. The summed E-state index contributed by atoms with van der Waals surface area (Å²) in [4.78, 5) is 0. The van der Waals surface area contributed by atoms with Gasteiger partial charge in [-0.3, -0.25) is 5.84 Å². The van der Waals surface area contributed by atoms with Crippen LogP contribution in [0.5, 0.6) is 0 Å². The zero-order chi connectivity index (χ0) is 12.4. The van der Waals surface area contributed by atoms with Crippen LogP contribution in [-0.2, 0) is 0 Å². The van der Waals surface area contributed by atoms with Gasteiger partial charge < -0.3 is 0 Å². The molecule has 1 atom stereocenters. The summed E-state index contributed by atoms with van der Waals surface area (Å²) >= 11 is 8.27. The van der Waals surface area contributed by atoms with Crippen molar-refractivity contribution < 1.29 is 4.39 Å². The van der Waals surface area contributed by atoms with Crippen molar-refractivity contribution in [1.29, 1.82) is 0 Å². The molecule has 1 unspecified atom stereocenters. The molecular formula is C11H9Br2FN2S. The van der Waals surface area contributed by atoms with Gasteiger partial charge in [0, 0.05) is 9.85 Å². The fraction of sp³-hybridized carbons (Fsp3) is 0.0909. The number of halogens is 3. The molecule has 1 aromatic carbocycles. The molecule has 3 N–H and O–H groups in total. The van der Waals surface area contributed by atoms with E-state index in [0.717, 1.165) is 15.6 Å². The highest BCUT2D eigenvalue weighted by Crippen LogP contribution is 2.35. The first kappa shape index (κ1) is 13.2. The van der Waals surface area contributed by atoms with E-state index >= 15 is 0 Å². The van der Waals surface area contributed by atoms with Crippen molar-refractivity contribution in [3.8, 4) is 0 Å². The summed E-state index contributed by atoms with van der Waals surface area (Å²) in [6, 6.07) is 4.66. The van der Waals surface area contributed by atoms with Crippen LogP contribution < -0.4 is 11.3 Å². The third kappa shape index (κ3) is 2.61. The van der Waals surface area contributed by atoms with Crippen molar-refractivity contribution in [3.63, 3.8) is 0 Å². The molecular weight excluding hydrogens is 371 g/mol. The van der Waals surface area contributed by atoms with Gasteiger partial charge in [-0.05, 0) is 54.4 Å². The number of nitrogens with one attached hydrogen (secondary N) is 1. The predicted molar refractivity (Wildman–Crippen MR) is 75.3 cm³/mol. The lowest BCUT2D eigenvalue weighted by molar-refractivity contribution is 0.597. The molecule has 0 fully saturated rings. The zero-order valence-corrected chi connectivity index (χ0v) is 12.6. The normalized spacial score (nSPS) is 12.7. The first-order valence-electron chi connectivity index (χ1n) is 4.76. The lowest BCUT2D eigenvalue weighted by atomic mass is 10.0. The van der Waals surface area contributed by atoms with Crippen LogP contribution in [0.15, 0.2) is 37.9 Å². The lowest BCUT2D eigenvalue weighted by Gasteiger charge is -2.17. The van der Waals surface area contributed by atoms with Crippen molar-refractivity contribution in [2.75, 3.05) is 0 Å². The van der Waals surface area contributed by atoms with E-state index in [1.807, 2.05) is 16.8 Å². The molecule has 0 amide bonds. The van der Waals surface area contributed by atoms with Crippen molar-refractivity contribution in [1.82, 2.24) is 5.43 Å². The highest BCUT2D eigenvalue weighted by Gasteiger charge is 2.19. The van der Waals surface area contributed by atoms with Crippen LogP contribution in [0.1, 0.15) is 17.2 Å². The number of hydrogen-bond donors (Lipinski definition) is 2. The Labute approximate surface area is 119 Å². The Balaban J connectivity index is 2.50. The molecule has 1 heterocycles. The van der Waals surface area contributed by atoms with Crippen LogP contribution in [0.2, 0.25) is 0 Å². The van der Waals surface area contributed by atoms with E-state index in [4.69, 9.17) is 5.84 Å². The molecule has 0 aliphatic heterocycles. The third-order valence-electron chi connectivity index (χ3n) is 2.41. The summed E-state index contributed by atoms with van der Waals surface area (Å²) in [6.45, 7) is 0. The number of hydrazine groups is 1. The highest BCUT2D eigenvalue weighted by molar-refractivity contribution is 9.10. The van der Waals surface area contributed by atoms with Gasteiger partial charge in [0.05, 0.1) is 10.5 Å². The minimum Gasteiger partial charge on any atom is -0.271 e. The molecule has 0 bridgehead atoms. The molecule has 6 heteroatoms. The summed E-state index contributed by atoms with van der Waals surface area (Å²) in [7, 11) is 0. The first-order chi connectivity index (χ1) is 8.15. The molecule has 0 aliphatic carbocycles. The average Bonchev–Trinajstić information content (AvgIpc) is 2.72. The fourth-order valence-electron chi connectivity index (χ4n) is 1.59. The fourth-order valence-corrected chi connectivity index (χ4v) is 3.63. The zero-order valence-electron chi connectivity index (χ0n) is 8.58. The average molecular weight is 380 g/mol. The second-order valence-electron chi connectivity index (χ2n) is 3.42. The van der Waals surface area contributed by atoms with Gasteiger partial charge >= 0.3 is 0 Å². The number of hydrogen-bond acceptors (Lipinski definition) is 3.